The predicted molar refractivity (Wildman–Crippen MR) is 52.3 cm³/mol. The number of ether oxygens (including phenoxy) is 1. The number of carboxylic acid groups (broad SMARTS) is 1. The summed E-state index contributed by atoms with van der Waals surface area (Å²) in [4.78, 5) is 10.4. The second kappa shape index (κ2) is 5.17. The second-order valence-corrected chi connectivity index (χ2v) is 4.17. The Kier molecular flexibility index (Phi) is 4.87. The molecule has 0 spiro atoms. The summed E-state index contributed by atoms with van der Waals surface area (Å²) >= 11 is 0. The van der Waals surface area contributed by atoms with Crippen LogP contribution in [0.25, 0.3) is 0 Å². The van der Waals surface area contributed by atoms with Crippen molar-refractivity contribution in [2.45, 2.75) is 45.4 Å². The summed E-state index contributed by atoms with van der Waals surface area (Å²) in [6, 6.07) is -0.591. The van der Waals surface area contributed by atoms with Gasteiger partial charge in [0, 0.05) is 0 Å². The number of aliphatic hydroxyl groups excluding tert-OH is 1. The number of aliphatic hydroxyl groups is 1. The lowest BCUT2D eigenvalue weighted by Crippen LogP contribution is -2.47. The Bertz CT molecular complexity index is 188. The van der Waals surface area contributed by atoms with Crippen LogP contribution in [0.4, 0.5) is 4.79 Å². The molecule has 0 aromatic carbocycles. The molecule has 1 unspecified atom stereocenters. The zero-order chi connectivity index (χ0) is 11.4. The van der Waals surface area contributed by atoms with Crippen LogP contribution in [0.3, 0.4) is 0 Å². The van der Waals surface area contributed by atoms with Gasteiger partial charge in [-0.2, -0.15) is 0 Å². The molecular weight excluding hydrogens is 186 g/mol. The van der Waals surface area contributed by atoms with Crippen molar-refractivity contribution in [3.63, 3.8) is 0 Å². The zero-order valence-corrected chi connectivity index (χ0v) is 9.07. The first-order valence-corrected chi connectivity index (χ1v) is 4.54. The summed E-state index contributed by atoms with van der Waals surface area (Å²) in [5.74, 6) is 0. The van der Waals surface area contributed by atoms with Gasteiger partial charge in [-0.15, -0.1) is 0 Å². The van der Waals surface area contributed by atoms with Gasteiger partial charge in [-0.1, -0.05) is 0 Å². The lowest BCUT2D eigenvalue weighted by molar-refractivity contribution is -0.0717. The fourth-order valence-corrected chi connectivity index (χ4v) is 1.11. The molecule has 0 heterocycles. The third kappa shape index (κ3) is 5.77. The largest absolute Gasteiger partial charge is 0.465 e. The van der Waals surface area contributed by atoms with Crippen molar-refractivity contribution in [2.24, 2.45) is 0 Å². The quantitative estimate of drug-likeness (QED) is 0.635. The molecule has 84 valence electrons. The van der Waals surface area contributed by atoms with Gasteiger partial charge < -0.3 is 20.3 Å². The minimum absolute atomic E-state index is 0.274. The molecule has 0 aliphatic heterocycles. The van der Waals surface area contributed by atoms with Crippen LogP contribution in [0.1, 0.15) is 27.7 Å². The Hall–Kier alpha value is -0.810. The maximum absolute atomic E-state index is 10.4. The van der Waals surface area contributed by atoms with E-state index in [9.17, 15) is 4.79 Å². The van der Waals surface area contributed by atoms with E-state index < -0.39 is 12.1 Å². The average molecular weight is 205 g/mol. The van der Waals surface area contributed by atoms with Crippen LogP contribution >= 0.6 is 0 Å². The van der Waals surface area contributed by atoms with Gasteiger partial charge in [-0.05, 0) is 27.7 Å². The normalized spacial score (nSPS) is 16.1. The van der Waals surface area contributed by atoms with Crippen molar-refractivity contribution in [1.29, 1.82) is 0 Å². The van der Waals surface area contributed by atoms with Crippen molar-refractivity contribution in [3.8, 4) is 0 Å². The molecule has 0 saturated carbocycles. The van der Waals surface area contributed by atoms with Crippen molar-refractivity contribution in [2.75, 3.05) is 6.61 Å². The molecule has 0 aromatic rings. The van der Waals surface area contributed by atoms with Crippen LogP contribution in [-0.4, -0.2) is 40.7 Å². The molecule has 2 atom stereocenters. The van der Waals surface area contributed by atoms with E-state index in [1.807, 2.05) is 20.8 Å². The zero-order valence-electron chi connectivity index (χ0n) is 9.07. The van der Waals surface area contributed by atoms with Crippen LogP contribution in [0.15, 0.2) is 0 Å². The Morgan fingerprint density at radius 2 is 2.00 bits per heavy atom. The third-order valence-corrected chi connectivity index (χ3v) is 1.61. The van der Waals surface area contributed by atoms with E-state index in [2.05, 4.69) is 5.32 Å². The molecule has 0 bridgehead atoms. The fraction of sp³-hybridized carbons (Fsp3) is 0.889. The molecule has 0 aliphatic carbocycles. The van der Waals surface area contributed by atoms with E-state index in [-0.39, 0.29) is 18.3 Å². The van der Waals surface area contributed by atoms with Crippen LogP contribution in [-0.2, 0) is 4.74 Å². The van der Waals surface area contributed by atoms with E-state index in [1.54, 1.807) is 6.92 Å². The first kappa shape index (κ1) is 13.2. The second-order valence-electron chi connectivity index (χ2n) is 4.17. The first-order valence-electron chi connectivity index (χ1n) is 4.54. The minimum atomic E-state index is -1.16. The highest BCUT2D eigenvalue weighted by atomic mass is 16.5. The molecule has 0 saturated heterocycles. The lowest BCUT2D eigenvalue weighted by Gasteiger charge is -2.29. The Balaban J connectivity index is 4.17. The number of amides is 1. The van der Waals surface area contributed by atoms with E-state index in [4.69, 9.17) is 14.9 Å². The van der Waals surface area contributed by atoms with Gasteiger partial charge in [0.25, 0.3) is 0 Å². The van der Waals surface area contributed by atoms with Gasteiger partial charge in [0.1, 0.15) is 0 Å². The number of nitrogens with one attached hydrogen (secondary N) is 1. The Labute approximate surface area is 84.1 Å². The summed E-state index contributed by atoms with van der Waals surface area (Å²) in [7, 11) is 0. The molecule has 5 nitrogen and oxygen atoms in total. The molecule has 14 heavy (non-hydrogen) atoms. The van der Waals surface area contributed by atoms with Gasteiger partial charge in [-0.25, -0.2) is 4.79 Å². The minimum Gasteiger partial charge on any atom is -0.465 e. The highest BCUT2D eigenvalue weighted by Crippen LogP contribution is 2.12. The molecule has 0 aliphatic rings. The van der Waals surface area contributed by atoms with E-state index in [1.165, 1.54) is 0 Å². The Morgan fingerprint density at radius 1 is 1.50 bits per heavy atom. The Morgan fingerprint density at radius 3 is 2.29 bits per heavy atom. The van der Waals surface area contributed by atoms with E-state index in [0.717, 1.165) is 0 Å². The van der Waals surface area contributed by atoms with Gasteiger partial charge in [0.2, 0.25) is 0 Å². The summed E-state index contributed by atoms with van der Waals surface area (Å²) in [6.07, 6.45) is -1.52. The predicted octanol–water partition coefficient (Wildman–Crippen LogP) is 0.819. The highest BCUT2D eigenvalue weighted by Gasteiger charge is 2.23. The van der Waals surface area contributed by atoms with Crippen molar-refractivity contribution >= 4 is 6.09 Å². The molecule has 3 N–H and O–H groups in total. The van der Waals surface area contributed by atoms with Gasteiger partial charge in [0.15, 0.2) is 0 Å². The van der Waals surface area contributed by atoms with Crippen LogP contribution in [0.5, 0.6) is 0 Å². The molecule has 0 radical (unpaired) electrons. The van der Waals surface area contributed by atoms with Crippen molar-refractivity contribution in [3.05, 3.63) is 0 Å². The van der Waals surface area contributed by atoms with E-state index in [0.29, 0.717) is 0 Å². The molecule has 1 amide bonds. The molecule has 0 aromatic heterocycles. The van der Waals surface area contributed by atoms with Crippen LogP contribution in [0, 0.1) is 0 Å². The summed E-state index contributed by atoms with van der Waals surface area (Å²) in [5, 5.41) is 19.6. The average Bonchev–Trinajstić information content (AvgIpc) is 1.96. The molecule has 0 fully saturated rings. The van der Waals surface area contributed by atoms with Gasteiger partial charge in [-0.3, -0.25) is 0 Å². The lowest BCUT2D eigenvalue weighted by atomic mass is 10.1. The summed E-state index contributed by atoms with van der Waals surface area (Å²) < 4.78 is 5.51. The van der Waals surface area contributed by atoms with Crippen molar-refractivity contribution in [1.82, 2.24) is 5.32 Å². The van der Waals surface area contributed by atoms with Crippen molar-refractivity contribution < 1.29 is 19.7 Å². The number of hydrogen-bond acceptors (Lipinski definition) is 3. The topological polar surface area (TPSA) is 78.8 Å². The number of hydrogen-bond donors (Lipinski definition) is 3. The van der Waals surface area contributed by atoms with Crippen LogP contribution in [0.2, 0.25) is 0 Å². The highest BCUT2D eigenvalue weighted by molar-refractivity contribution is 5.64. The monoisotopic (exact) mass is 205 g/mol. The molecule has 5 heteroatoms. The van der Waals surface area contributed by atoms with E-state index >= 15 is 0 Å². The number of carbonyl (C=O) groups is 1. The summed E-state index contributed by atoms with van der Waals surface area (Å²) in [5.41, 5.74) is -0.354. The van der Waals surface area contributed by atoms with Gasteiger partial charge in [0.05, 0.1) is 24.4 Å². The molecule has 0 rings (SSSR count). The summed E-state index contributed by atoms with van der Waals surface area (Å²) in [6.45, 7) is 7.07. The van der Waals surface area contributed by atoms with Crippen LogP contribution < -0.4 is 5.32 Å². The third-order valence-electron chi connectivity index (χ3n) is 1.61. The first-order chi connectivity index (χ1) is 6.26. The maximum Gasteiger partial charge on any atom is 0.405 e. The maximum atomic E-state index is 10.4. The number of rotatable bonds is 4. The smallest absolute Gasteiger partial charge is 0.405 e. The SMILES string of the molecule is CC(OC(C)(C)C)[C@@H](CO)NC(=O)O. The fourth-order valence-electron chi connectivity index (χ4n) is 1.11. The molecular formula is C9H19NO4. The standard InChI is InChI=1S/C9H19NO4/c1-6(14-9(2,3)4)7(5-11)10-8(12)13/h6-7,10-11H,5H2,1-4H3,(H,12,13)/t6?,7-/m1/s1. The van der Waals surface area contributed by atoms with Gasteiger partial charge >= 0.3 is 6.09 Å².